The number of cyclic esters (lactones) is 1. The Hall–Kier alpha value is -3.73. The number of hydrogen-bond donors (Lipinski definition) is 0. The van der Waals surface area contributed by atoms with Gasteiger partial charge in [-0.3, -0.25) is 0 Å². The molecule has 0 radical (unpaired) electrons. The van der Waals surface area contributed by atoms with E-state index in [1.54, 1.807) is 12.1 Å². The van der Waals surface area contributed by atoms with Crippen LogP contribution in [0.2, 0.25) is 0 Å². The predicted molar refractivity (Wildman–Crippen MR) is 104 cm³/mol. The molecule has 0 saturated heterocycles. The molecule has 1 aliphatic heterocycles. The molecule has 1 aliphatic rings. The Balaban J connectivity index is 1.52. The molecular formula is C23H16FNO3. The molecule has 0 aromatic heterocycles. The molecule has 0 saturated carbocycles. The van der Waals surface area contributed by atoms with Crippen LogP contribution >= 0.6 is 0 Å². The topological polar surface area (TPSA) is 47.9 Å². The minimum absolute atomic E-state index is 0.0900. The standard InChI is InChI=1S/C23H16FNO3/c24-19-10-5-9-18(14-19)22-25-21(23(26)28-22)13-17-8-4-11-20(12-17)27-15-16-6-2-1-3-7-16/h1-14H,15H2/b21-13-. The number of hydrogen-bond acceptors (Lipinski definition) is 4. The Kier molecular flexibility index (Phi) is 4.97. The van der Waals surface area contributed by atoms with Crippen LogP contribution < -0.4 is 4.74 Å². The lowest BCUT2D eigenvalue weighted by molar-refractivity contribution is -0.129. The smallest absolute Gasteiger partial charge is 0.363 e. The lowest BCUT2D eigenvalue weighted by Crippen LogP contribution is -2.05. The number of rotatable bonds is 5. The molecule has 3 aromatic rings. The number of carbonyl (C=O) groups is 1. The largest absolute Gasteiger partial charge is 0.489 e. The summed E-state index contributed by atoms with van der Waals surface area (Å²) in [5, 5.41) is 0. The average molecular weight is 373 g/mol. The van der Waals surface area contributed by atoms with Gasteiger partial charge in [0.05, 0.1) is 0 Å². The van der Waals surface area contributed by atoms with Crippen molar-refractivity contribution in [1.29, 1.82) is 0 Å². The van der Waals surface area contributed by atoms with Gasteiger partial charge in [0, 0.05) is 5.56 Å². The molecule has 28 heavy (non-hydrogen) atoms. The van der Waals surface area contributed by atoms with Gasteiger partial charge in [-0.15, -0.1) is 0 Å². The fraction of sp³-hybridized carbons (Fsp3) is 0.0435. The molecule has 0 amide bonds. The lowest BCUT2D eigenvalue weighted by Gasteiger charge is -2.07. The number of nitrogens with zero attached hydrogens (tertiary/aromatic N) is 1. The van der Waals surface area contributed by atoms with Crippen LogP contribution in [0.25, 0.3) is 6.08 Å². The summed E-state index contributed by atoms with van der Waals surface area (Å²) in [5.74, 6) is -0.224. The first-order chi connectivity index (χ1) is 13.7. The zero-order valence-electron chi connectivity index (χ0n) is 14.8. The van der Waals surface area contributed by atoms with E-state index in [1.807, 2.05) is 54.6 Å². The van der Waals surface area contributed by atoms with Crippen molar-refractivity contribution in [3.05, 3.63) is 107 Å². The van der Waals surface area contributed by atoms with Crippen LogP contribution in [-0.4, -0.2) is 11.9 Å². The van der Waals surface area contributed by atoms with Crippen LogP contribution in [0.15, 0.2) is 89.6 Å². The van der Waals surface area contributed by atoms with Gasteiger partial charge in [0.25, 0.3) is 0 Å². The summed E-state index contributed by atoms with van der Waals surface area (Å²) in [7, 11) is 0. The van der Waals surface area contributed by atoms with E-state index >= 15 is 0 Å². The number of carbonyl (C=O) groups excluding carboxylic acids is 1. The normalized spacial score (nSPS) is 14.7. The summed E-state index contributed by atoms with van der Waals surface area (Å²) in [4.78, 5) is 16.3. The molecule has 138 valence electrons. The highest BCUT2D eigenvalue weighted by molar-refractivity contribution is 6.12. The maximum absolute atomic E-state index is 13.4. The maximum atomic E-state index is 13.4. The third kappa shape index (κ3) is 4.15. The van der Waals surface area contributed by atoms with Crippen molar-refractivity contribution in [3.63, 3.8) is 0 Å². The van der Waals surface area contributed by atoms with Crippen molar-refractivity contribution in [2.45, 2.75) is 6.61 Å². The van der Waals surface area contributed by atoms with Crippen molar-refractivity contribution in [1.82, 2.24) is 0 Å². The van der Waals surface area contributed by atoms with Gasteiger partial charge in [-0.1, -0.05) is 48.5 Å². The number of ether oxygens (including phenoxy) is 2. The van der Waals surface area contributed by atoms with Gasteiger partial charge in [-0.25, -0.2) is 14.2 Å². The Morgan fingerprint density at radius 2 is 1.79 bits per heavy atom. The fourth-order valence-electron chi connectivity index (χ4n) is 2.75. The zero-order chi connectivity index (χ0) is 19.3. The Morgan fingerprint density at radius 3 is 2.61 bits per heavy atom. The molecule has 0 atom stereocenters. The minimum atomic E-state index is -0.574. The first-order valence-electron chi connectivity index (χ1n) is 8.73. The predicted octanol–water partition coefficient (Wildman–Crippen LogP) is 4.75. The van der Waals surface area contributed by atoms with E-state index in [0.717, 1.165) is 11.1 Å². The third-order valence-corrected chi connectivity index (χ3v) is 4.10. The van der Waals surface area contributed by atoms with Gasteiger partial charge < -0.3 is 9.47 Å². The van der Waals surface area contributed by atoms with Crippen LogP contribution in [0.1, 0.15) is 16.7 Å². The third-order valence-electron chi connectivity index (χ3n) is 4.10. The molecule has 0 fully saturated rings. The number of aliphatic imine (C=N–C) groups is 1. The van der Waals surface area contributed by atoms with E-state index in [4.69, 9.17) is 9.47 Å². The van der Waals surface area contributed by atoms with Gasteiger partial charge in [-0.2, -0.15) is 0 Å². The van der Waals surface area contributed by atoms with Crippen molar-refractivity contribution in [3.8, 4) is 5.75 Å². The molecule has 5 heteroatoms. The van der Waals surface area contributed by atoms with E-state index in [9.17, 15) is 9.18 Å². The van der Waals surface area contributed by atoms with Crippen LogP contribution in [0.3, 0.4) is 0 Å². The van der Waals surface area contributed by atoms with Crippen LogP contribution in [0.5, 0.6) is 5.75 Å². The van der Waals surface area contributed by atoms with E-state index in [1.165, 1.54) is 18.2 Å². The van der Waals surface area contributed by atoms with Gasteiger partial charge in [0.2, 0.25) is 5.90 Å². The molecule has 0 N–H and O–H groups in total. The molecule has 0 spiro atoms. The SMILES string of the molecule is O=C1OC(c2cccc(F)c2)=N/C1=C\c1cccc(OCc2ccccc2)c1. The molecule has 3 aromatic carbocycles. The highest BCUT2D eigenvalue weighted by Crippen LogP contribution is 2.22. The summed E-state index contributed by atoms with van der Waals surface area (Å²) in [6, 6.07) is 23.0. The quantitative estimate of drug-likeness (QED) is 0.479. The summed E-state index contributed by atoms with van der Waals surface area (Å²) >= 11 is 0. The van der Waals surface area contributed by atoms with E-state index in [-0.39, 0.29) is 11.6 Å². The fourth-order valence-corrected chi connectivity index (χ4v) is 2.75. The zero-order valence-corrected chi connectivity index (χ0v) is 14.8. The molecular weight excluding hydrogens is 357 g/mol. The second-order valence-corrected chi connectivity index (χ2v) is 6.19. The van der Waals surface area contributed by atoms with Gasteiger partial charge in [0.15, 0.2) is 5.70 Å². The molecule has 4 rings (SSSR count). The van der Waals surface area contributed by atoms with Crippen molar-refractivity contribution in [2.24, 2.45) is 4.99 Å². The minimum Gasteiger partial charge on any atom is -0.489 e. The Bertz CT molecular complexity index is 1070. The van der Waals surface area contributed by atoms with Gasteiger partial charge >= 0.3 is 5.97 Å². The van der Waals surface area contributed by atoms with Crippen molar-refractivity contribution in [2.75, 3.05) is 0 Å². The van der Waals surface area contributed by atoms with Gasteiger partial charge in [0.1, 0.15) is 18.2 Å². The maximum Gasteiger partial charge on any atom is 0.363 e. The summed E-state index contributed by atoms with van der Waals surface area (Å²) in [6.45, 7) is 0.449. The van der Waals surface area contributed by atoms with E-state index in [2.05, 4.69) is 4.99 Å². The summed E-state index contributed by atoms with van der Waals surface area (Å²) in [6.07, 6.45) is 1.62. The van der Waals surface area contributed by atoms with E-state index < -0.39 is 11.8 Å². The van der Waals surface area contributed by atoms with Crippen LogP contribution in [-0.2, 0) is 16.1 Å². The molecule has 0 aliphatic carbocycles. The Labute approximate surface area is 161 Å². The Morgan fingerprint density at radius 1 is 0.964 bits per heavy atom. The molecule has 0 unspecified atom stereocenters. The average Bonchev–Trinajstić information content (AvgIpc) is 3.08. The summed E-state index contributed by atoms with van der Waals surface area (Å²) in [5.41, 5.74) is 2.38. The van der Waals surface area contributed by atoms with Crippen LogP contribution in [0.4, 0.5) is 4.39 Å². The molecule has 1 heterocycles. The highest BCUT2D eigenvalue weighted by atomic mass is 19.1. The first-order valence-corrected chi connectivity index (χ1v) is 8.73. The number of halogens is 1. The van der Waals surface area contributed by atoms with Crippen LogP contribution in [0, 0.1) is 5.82 Å². The molecule has 4 nitrogen and oxygen atoms in total. The second-order valence-electron chi connectivity index (χ2n) is 6.19. The monoisotopic (exact) mass is 373 g/mol. The number of benzene rings is 3. The number of esters is 1. The highest BCUT2D eigenvalue weighted by Gasteiger charge is 2.24. The molecule has 0 bridgehead atoms. The van der Waals surface area contributed by atoms with Crippen molar-refractivity contribution >= 4 is 17.9 Å². The van der Waals surface area contributed by atoms with E-state index in [0.29, 0.717) is 17.9 Å². The second kappa shape index (κ2) is 7.88. The summed E-state index contributed by atoms with van der Waals surface area (Å²) < 4.78 is 24.3. The van der Waals surface area contributed by atoms with Gasteiger partial charge in [-0.05, 0) is 47.5 Å². The first kappa shape index (κ1) is 17.7. The van der Waals surface area contributed by atoms with Crippen molar-refractivity contribution < 1.29 is 18.7 Å². The lowest BCUT2D eigenvalue weighted by atomic mass is 10.2.